The van der Waals surface area contributed by atoms with Crippen LogP contribution in [0.2, 0.25) is 0 Å². The number of para-hydroxylation sites is 2. The Labute approximate surface area is 181 Å². The number of anilines is 2. The van der Waals surface area contributed by atoms with Crippen molar-refractivity contribution in [1.29, 1.82) is 0 Å². The molecule has 0 spiro atoms. The average Bonchev–Trinajstić information content (AvgIpc) is 2.84. The summed E-state index contributed by atoms with van der Waals surface area (Å²) in [5.74, 6) is -0.436. The predicted octanol–water partition coefficient (Wildman–Crippen LogP) is 5.79. The van der Waals surface area contributed by atoms with Gasteiger partial charge in [0, 0.05) is 11.3 Å². The maximum atomic E-state index is 13.7. The lowest BCUT2D eigenvalue weighted by atomic mass is 10.1. The fraction of sp³-hybridized carbons (Fsp3) is 0.0370. The van der Waals surface area contributed by atoms with Gasteiger partial charge in [0.2, 0.25) is 0 Å². The number of benzene rings is 4. The zero-order valence-corrected chi connectivity index (χ0v) is 16.9. The van der Waals surface area contributed by atoms with E-state index in [4.69, 9.17) is 0 Å². The van der Waals surface area contributed by atoms with Gasteiger partial charge in [-0.3, -0.25) is 9.59 Å². The Bertz CT molecular complexity index is 1160. The number of carbonyl (C=O) groups excluding carboxylic acids is 2. The Kier molecular flexibility index (Phi) is 6.19. The molecule has 0 bridgehead atoms. The van der Waals surface area contributed by atoms with Crippen molar-refractivity contribution in [1.82, 2.24) is 0 Å². The minimum Gasteiger partial charge on any atom is -0.321 e. The molecule has 0 aliphatic carbocycles. The minimum absolute atomic E-state index is 0.181. The molecule has 0 saturated carbocycles. The lowest BCUT2D eigenvalue weighted by molar-refractivity contribution is 0.0986. The molecule has 0 fully saturated rings. The van der Waals surface area contributed by atoms with Crippen LogP contribution in [-0.2, 0) is 6.54 Å². The van der Waals surface area contributed by atoms with E-state index in [0.717, 1.165) is 11.3 Å². The van der Waals surface area contributed by atoms with E-state index in [1.807, 2.05) is 78.9 Å². The van der Waals surface area contributed by atoms with Crippen molar-refractivity contribution in [2.75, 3.05) is 10.2 Å². The molecule has 0 heterocycles. The standard InChI is InChI=1S/C27H22N2O2/c30-26(22-14-6-2-7-15-22)28-25-19-11-10-18-24(25)27(31)29(23-16-8-3-9-17-23)20-21-12-4-1-5-13-21/h1-19H,20H2,(H,28,30). The van der Waals surface area contributed by atoms with Crippen molar-refractivity contribution < 1.29 is 9.59 Å². The van der Waals surface area contributed by atoms with Gasteiger partial charge in [0.05, 0.1) is 17.8 Å². The quantitative estimate of drug-likeness (QED) is 0.441. The van der Waals surface area contributed by atoms with E-state index >= 15 is 0 Å². The fourth-order valence-electron chi connectivity index (χ4n) is 3.36. The van der Waals surface area contributed by atoms with Gasteiger partial charge in [0.1, 0.15) is 0 Å². The summed E-state index contributed by atoms with van der Waals surface area (Å²) >= 11 is 0. The van der Waals surface area contributed by atoms with E-state index in [-0.39, 0.29) is 11.8 Å². The molecule has 0 aromatic heterocycles. The molecule has 4 heteroatoms. The molecular weight excluding hydrogens is 384 g/mol. The lowest BCUT2D eigenvalue weighted by Gasteiger charge is -2.24. The highest BCUT2D eigenvalue weighted by molar-refractivity contribution is 6.13. The molecule has 0 aliphatic heterocycles. The monoisotopic (exact) mass is 406 g/mol. The number of hydrogen-bond donors (Lipinski definition) is 1. The van der Waals surface area contributed by atoms with Crippen LogP contribution in [-0.4, -0.2) is 11.8 Å². The first-order valence-electron chi connectivity index (χ1n) is 10.1. The maximum absolute atomic E-state index is 13.7. The summed E-state index contributed by atoms with van der Waals surface area (Å²) in [7, 11) is 0. The van der Waals surface area contributed by atoms with Crippen LogP contribution in [0.4, 0.5) is 11.4 Å². The summed E-state index contributed by atoms with van der Waals surface area (Å²) in [5.41, 5.74) is 3.27. The summed E-state index contributed by atoms with van der Waals surface area (Å²) in [6, 6.07) is 35.5. The smallest absolute Gasteiger partial charge is 0.260 e. The third-order valence-electron chi connectivity index (χ3n) is 4.94. The first kappa shape index (κ1) is 20.1. The SMILES string of the molecule is O=C(Nc1ccccc1C(=O)N(Cc1ccccc1)c1ccccc1)c1ccccc1. The molecule has 4 nitrogen and oxygen atoms in total. The van der Waals surface area contributed by atoms with Crippen LogP contribution in [0, 0.1) is 0 Å². The molecule has 0 aliphatic rings. The van der Waals surface area contributed by atoms with Gasteiger partial charge in [0.15, 0.2) is 0 Å². The third kappa shape index (κ3) is 4.87. The van der Waals surface area contributed by atoms with Crippen molar-refractivity contribution in [3.8, 4) is 0 Å². The van der Waals surface area contributed by atoms with Gasteiger partial charge in [-0.05, 0) is 42.0 Å². The number of nitrogens with zero attached hydrogens (tertiary/aromatic N) is 1. The largest absolute Gasteiger partial charge is 0.321 e. The second-order valence-corrected chi connectivity index (χ2v) is 7.08. The van der Waals surface area contributed by atoms with Gasteiger partial charge in [-0.25, -0.2) is 0 Å². The maximum Gasteiger partial charge on any atom is 0.260 e. The number of nitrogens with one attached hydrogen (secondary N) is 1. The highest BCUT2D eigenvalue weighted by Gasteiger charge is 2.21. The van der Waals surface area contributed by atoms with E-state index in [0.29, 0.717) is 23.4 Å². The number of rotatable bonds is 6. The summed E-state index contributed by atoms with van der Waals surface area (Å²) in [4.78, 5) is 28.1. The van der Waals surface area contributed by atoms with Crippen LogP contribution in [0.5, 0.6) is 0 Å². The predicted molar refractivity (Wildman–Crippen MR) is 124 cm³/mol. The molecule has 2 amide bonds. The van der Waals surface area contributed by atoms with Crippen LogP contribution in [0.15, 0.2) is 115 Å². The average molecular weight is 406 g/mol. The van der Waals surface area contributed by atoms with E-state index in [1.54, 1.807) is 41.3 Å². The number of amides is 2. The van der Waals surface area contributed by atoms with Crippen molar-refractivity contribution in [3.63, 3.8) is 0 Å². The summed E-state index contributed by atoms with van der Waals surface area (Å²) in [6.07, 6.45) is 0. The van der Waals surface area contributed by atoms with Crippen molar-refractivity contribution in [2.45, 2.75) is 6.54 Å². The highest BCUT2D eigenvalue weighted by atomic mass is 16.2. The van der Waals surface area contributed by atoms with Crippen molar-refractivity contribution in [2.24, 2.45) is 0 Å². The van der Waals surface area contributed by atoms with Gasteiger partial charge in [-0.2, -0.15) is 0 Å². The van der Waals surface area contributed by atoms with Gasteiger partial charge < -0.3 is 10.2 Å². The second-order valence-electron chi connectivity index (χ2n) is 7.08. The Morgan fingerprint density at radius 3 is 1.87 bits per heavy atom. The second kappa shape index (κ2) is 9.55. The molecule has 31 heavy (non-hydrogen) atoms. The van der Waals surface area contributed by atoms with E-state index in [9.17, 15) is 9.59 Å². The van der Waals surface area contributed by atoms with Gasteiger partial charge in [0.25, 0.3) is 11.8 Å². The first-order valence-corrected chi connectivity index (χ1v) is 10.1. The van der Waals surface area contributed by atoms with Gasteiger partial charge >= 0.3 is 0 Å². The van der Waals surface area contributed by atoms with Crippen LogP contribution >= 0.6 is 0 Å². The number of hydrogen-bond acceptors (Lipinski definition) is 2. The molecule has 4 rings (SSSR count). The normalized spacial score (nSPS) is 10.3. The van der Waals surface area contributed by atoms with Crippen LogP contribution < -0.4 is 10.2 Å². The molecule has 152 valence electrons. The molecule has 4 aromatic carbocycles. The van der Waals surface area contributed by atoms with Gasteiger partial charge in [-0.15, -0.1) is 0 Å². The molecule has 0 atom stereocenters. The summed E-state index contributed by atoms with van der Waals surface area (Å²) in [5, 5.41) is 2.89. The molecule has 0 unspecified atom stereocenters. The topological polar surface area (TPSA) is 49.4 Å². The molecular formula is C27H22N2O2. The van der Waals surface area contributed by atoms with Crippen LogP contribution in [0.25, 0.3) is 0 Å². The summed E-state index contributed by atoms with van der Waals surface area (Å²) in [6.45, 7) is 0.421. The van der Waals surface area contributed by atoms with E-state index in [1.165, 1.54) is 0 Å². The lowest BCUT2D eigenvalue weighted by Crippen LogP contribution is -2.31. The minimum atomic E-state index is -0.254. The zero-order valence-electron chi connectivity index (χ0n) is 16.9. The molecule has 4 aromatic rings. The Morgan fingerprint density at radius 1 is 0.645 bits per heavy atom. The third-order valence-corrected chi connectivity index (χ3v) is 4.94. The van der Waals surface area contributed by atoms with Gasteiger partial charge in [-0.1, -0.05) is 78.9 Å². The fourth-order valence-corrected chi connectivity index (χ4v) is 3.36. The molecule has 0 saturated heterocycles. The summed E-state index contributed by atoms with van der Waals surface area (Å²) < 4.78 is 0. The van der Waals surface area contributed by atoms with E-state index in [2.05, 4.69) is 5.32 Å². The van der Waals surface area contributed by atoms with E-state index < -0.39 is 0 Å². The Morgan fingerprint density at radius 2 is 1.19 bits per heavy atom. The Hall–Kier alpha value is -4.18. The Balaban J connectivity index is 1.66. The zero-order chi connectivity index (χ0) is 21.5. The molecule has 0 radical (unpaired) electrons. The van der Waals surface area contributed by atoms with Crippen LogP contribution in [0.3, 0.4) is 0 Å². The first-order chi connectivity index (χ1) is 15.2. The van der Waals surface area contributed by atoms with Crippen molar-refractivity contribution in [3.05, 3.63) is 132 Å². The van der Waals surface area contributed by atoms with Crippen molar-refractivity contribution >= 4 is 23.2 Å². The highest BCUT2D eigenvalue weighted by Crippen LogP contribution is 2.24. The van der Waals surface area contributed by atoms with Crippen LogP contribution in [0.1, 0.15) is 26.3 Å². The number of carbonyl (C=O) groups is 2. The molecule has 1 N–H and O–H groups in total.